The Morgan fingerprint density at radius 3 is 2.59 bits per heavy atom. The molecule has 2 aliphatic rings. The van der Waals surface area contributed by atoms with Crippen molar-refractivity contribution in [1.82, 2.24) is 19.7 Å². The number of hydrogen-bond acceptors (Lipinski definition) is 6. The first-order chi connectivity index (χ1) is 13.8. The molecule has 1 aromatic carbocycles. The first kappa shape index (κ1) is 20.5. The van der Waals surface area contributed by atoms with Gasteiger partial charge < -0.3 is 9.42 Å². The molecule has 1 aliphatic carbocycles. The van der Waals surface area contributed by atoms with Gasteiger partial charge in [-0.25, -0.2) is 13.1 Å². The predicted molar refractivity (Wildman–Crippen MR) is 110 cm³/mol. The zero-order valence-corrected chi connectivity index (χ0v) is 18.5. The first-order valence-corrected chi connectivity index (χ1v) is 11.9. The van der Waals surface area contributed by atoms with Gasteiger partial charge in [0.1, 0.15) is 0 Å². The standard InChI is InChI=1S/C19H23BrN4O4S/c1-13-10-15(28-21-13)12-23-6-8-24(9-7-23)19(25)17-11-16(4-5-18(17)20)29(26,27)22-14-2-3-14/h4-5,10-11,14,22H,2-3,6-9,12H2,1H3. The summed E-state index contributed by atoms with van der Waals surface area (Å²) < 4.78 is 33.5. The molecule has 2 heterocycles. The summed E-state index contributed by atoms with van der Waals surface area (Å²) >= 11 is 3.39. The summed E-state index contributed by atoms with van der Waals surface area (Å²) in [7, 11) is -3.61. The third kappa shape index (κ3) is 4.88. The maximum absolute atomic E-state index is 13.0. The number of carbonyl (C=O) groups excluding carboxylic acids is 1. The van der Waals surface area contributed by atoms with Gasteiger partial charge in [-0.2, -0.15) is 0 Å². The van der Waals surface area contributed by atoms with E-state index in [1.54, 1.807) is 11.0 Å². The lowest BCUT2D eigenvalue weighted by atomic mass is 10.2. The number of nitrogens with one attached hydrogen (secondary N) is 1. The third-order valence-corrected chi connectivity index (χ3v) is 7.30. The highest BCUT2D eigenvalue weighted by Gasteiger charge is 2.30. The molecule has 0 unspecified atom stereocenters. The molecule has 0 atom stereocenters. The van der Waals surface area contributed by atoms with Crippen LogP contribution in [0.15, 0.2) is 38.2 Å². The zero-order valence-electron chi connectivity index (χ0n) is 16.1. The fourth-order valence-electron chi connectivity index (χ4n) is 3.31. The molecule has 156 valence electrons. The molecule has 10 heteroatoms. The molecule has 1 saturated heterocycles. The van der Waals surface area contributed by atoms with Crippen LogP contribution in [0.5, 0.6) is 0 Å². The van der Waals surface area contributed by atoms with Crippen molar-refractivity contribution in [3.63, 3.8) is 0 Å². The largest absolute Gasteiger partial charge is 0.360 e. The second-order valence-electron chi connectivity index (χ2n) is 7.54. The number of carbonyl (C=O) groups is 1. The average molecular weight is 483 g/mol. The molecule has 2 fully saturated rings. The molecule has 1 amide bonds. The average Bonchev–Trinajstić information content (AvgIpc) is 3.40. The highest BCUT2D eigenvalue weighted by atomic mass is 79.9. The van der Waals surface area contributed by atoms with E-state index in [4.69, 9.17) is 4.52 Å². The number of aryl methyl sites for hydroxylation is 1. The van der Waals surface area contributed by atoms with Crippen LogP contribution < -0.4 is 4.72 Å². The quantitative estimate of drug-likeness (QED) is 0.677. The summed E-state index contributed by atoms with van der Waals surface area (Å²) in [5, 5.41) is 3.90. The van der Waals surface area contributed by atoms with E-state index < -0.39 is 10.0 Å². The van der Waals surface area contributed by atoms with Crippen molar-refractivity contribution in [1.29, 1.82) is 0 Å². The van der Waals surface area contributed by atoms with Crippen molar-refractivity contribution in [3.05, 3.63) is 45.8 Å². The van der Waals surface area contributed by atoms with Gasteiger partial charge in [-0.15, -0.1) is 0 Å². The van der Waals surface area contributed by atoms with Gasteiger partial charge >= 0.3 is 0 Å². The van der Waals surface area contributed by atoms with Crippen LogP contribution in [0, 0.1) is 6.92 Å². The Hall–Kier alpha value is -1.75. The third-order valence-electron chi connectivity index (χ3n) is 5.09. The molecule has 1 saturated carbocycles. The zero-order chi connectivity index (χ0) is 20.6. The normalized spacial score (nSPS) is 18.2. The molecule has 0 radical (unpaired) electrons. The fourth-order valence-corrected chi connectivity index (χ4v) is 5.06. The van der Waals surface area contributed by atoms with Crippen molar-refractivity contribution >= 4 is 31.9 Å². The number of benzene rings is 1. The van der Waals surface area contributed by atoms with Crippen LogP contribution in [0.4, 0.5) is 0 Å². The SMILES string of the molecule is Cc1cc(CN2CCN(C(=O)c3cc(S(=O)(=O)NC4CC4)ccc3Br)CC2)on1. The Bertz CT molecular complexity index is 1010. The highest BCUT2D eigenvalue weighted by molar-refractivity contribution is 9.10. The number of hydrogen-bond donors (Lipinski definition) is 1. The number of sulfonamides is 1. The second kappa shape index (κ2) is 8.17. The number of aromatic nitrogens is 1. The topological polar surface area (TPSA) is 95.8 Å². The summed E-state index contributed by atoms with van der Waals surface area (Å²) in [6.45, 7) is 5.10. The van der Waals surface area contributed by atoms with Crippen molar-refractivity contribution in [3.8, 4) is 0 Å². The summed E-state index contributed by atoms with van der Waals surface area (Å²) in [6, 6.07) is 6.53. The Morgan fingerprint density at radius 2 is 1.97 bits per heavy atom. The van der Waals surface area contributed by atoms with Crippen LogP contribution in [0.1, 0.15) is 34.7 Å². The molecule has 4 rings (SSSR count). The Morgan fingerprint density at radius 1 is 1.24 bits per heavy atom. The van der Waals surface area contributed by atoms with Crippen molar-refractivity contribution in [2.45, 2.75) is 37.2 Å². The minimum atomic E-state index is -3.61. The highest BCUT2D eigenvalue weighted by Crippen LogP contribution is 2.26. The molecule has 2 aromatic rings. The van der Waals surface area contributed by atoms with E-state index in [9.17, 15) is 13.2 Å². The summed E-state index contributed by atoms with van der Waals surface area (Å²) in [5.74, 6) is 0.640. The lowest BCUT2D eigenvalue weighted by molar-refractivity contribution is 0.0616. The van der Waals surface area contributed by atoms with Gasteiger partial charge in [0.25, 0.3) is 5.91 Å². The van der Waals surface area contributed by atoms with Crippen molar-refractivity contribution in [2.75, 3.05) is 26.2 Å². The molecule has 0 bridgehead atoms. The summed E-state index contributed by atoms with van der Waals surface area (Å²) in [4.78, 5) is 17.1. The van der Waals surface area contributed by atoms with E-state index in [1.807, 2.05) is 13.0 Å². The van der Waals surface area contributed by atoms with Gasteiger partial charge in [-0.1, -0.05) is 5.16 Å². The van der Waals surface area contributed by atoms with Crippen LogP contribution in [-0.2, 0) is 16.6 Å². The molecule has 1 aromatic heterocycles. The van der Waals surface area contributed by atoms with Crippen LogP contribution in [0.2, 0.25) is 0 Å². The number of amides is 1. The van der Waals surface area contributed by atoms with Gasteiger partial charge in [0.15, 0.2) is 5.76 Å². The van der Waals surface area contributed by atoms with Gasteiger partial charge in [-0.3, -0.25) is 9.69 Å². The molecule has 8 nitrogen and oxygen atoms in total. The van der Waals surface area contributed by atoms with E-state index in [0.29, 0.717) is 42.8 Å². The number of piperazine rings is 1. The molecule has 1 N–H and O–H groups in total. The molecule has 0 spiro atoms. The van der Waals surface area contributed by atoms with E-state index in [-0.39, 0.29) is 16.8 Å². The Balaban J connectivity index is 1.42. The molecule has 1 aliphatic heterocycles. The summed E-state index contributed by atoms with van der Waals surface area (Å²) in [6.07, 6.45) is 1.72. The second-order valence-corrected chi connectivity index (χ2v) is 10.1. The number of rotatable bonds is 6. The van der Waals surface area contributed by atoms with Crippen LogP contribution in [0.25, 0.3) is 0 Å². The number of nitrogens with zero attached hydrogens (tertiary/aromatic N) is 3. The monoisotopic (exact) mass is 482 g/mol. The Labute approximate surface area is 178 Å². The molecule has 29 heavy (non-hydrogen) atoms. The molecular formula is C19H23BrN4O4S. The van der Waals surface area contributed by atoms with Gasteiger partial charge in [0.2, 0.25) is 10.0 Å². The lowest BCUT2D eigenvalue weighted by Crippen LogP contribution is -2.48. The van der Waals surface area contributed by atoms with Crippen molar-refractivity contribution < 1.29 is 17.7 Å². The van der Waals surface area contributed by atoms with E-state index >= 15 is 0 Å². The molecular weight excluding hydrogens is 460 g/mol. The van der Waals surface area contributed by atoms with Crippen molar-refractivity contribution in [2.24, 2.45) is 0 Å². The smallest absolute Gasteiger partial charge is 0.255 e. The number of halogens is 1. The predicted octanol–water partition coefficient (Wildman–Crippen LogP) is 2.14. The fraction of sp³-hybridized carbons (Fsp3) is 0.474. The minimum Gasteiger partial charge on any atom is -0.360 e. The Kier molecular flexibility index (Phi) is 5.78. The minimum absolute atomic E-state index is 0.0176. The summed E-state index contributed by atoms with van der Waals surface area (Å²) in [5.41, 5.74) is 1.22. The first-order valence-electron chi connectivity index (χ1n) is 9.57. The van der Waals surface area contributed by atoms with Crippen LogP contribution in [-0.4, -0.2) is 61.5 Å². The van der Waals surface area contributed by atoms with Gasteiger partial charge in [-0.05, 0) is 53.9 Å². The van der Waals surface area contributed by atoms with Crippen LogP contribution >= 0.6 is 15.9 Å². The van der Waals surface area contributed by atoms with Gasteiger partial charge in [0, 0.05) is 42.8 Å². The van der Waals surface area contributed by atoms with E-state index in [0.717, 1.165) is 24.3 Å². The lowest BCUT2D eigenvalue weighted by Gasteiger charge is -2.34. The van der Waals surface area contributed by atoms with E-state index in [1.165, 1.54) is 12.1 Å². The van der Waals surface area contributed by atoms with Crippen LogP contribution in [0.3, 0.4) is 0 Å². The maximum atomic E-state index is 13.0. The van der Waals surface area contributed by atoms with Gasteiger partial charge in [0.05, 0.1) is 22.7 Å². The van der Waals surface area contributed by atoms with E-state index in [2.05, 4.69) is 30.7 Å². The maximum Gasteiger partial charge on any atom is 0.255 e.